The number of thioether (sulfide) groups is 1. The normalized spacial score (nSPS) is 16.8. The monoisotopic (exact) mass is 236 g/mol. The van der Waals surface area contributed by atoms with Gasteiger partial charge >= 0.3 is 0 Å². The quantitative estimate of drug-likeness (QED) is 0.847. The van der Waals surface area contributed by atoms with Crippen LogP contribution in [0.25, 0.3) is 0 Å². The van der Waals surface area contributed by atoms with Crippen molar-refractivity contribution in [3.63, 3.8) is 0 Å². The van der Waals surface area contributed by atoms with Gasteiger partial charge in [0.2, 0.25) is 0 Å². The molecule has 88 valence electrons. The maximum absolute atomic E-state index is 5.86. The first-order valence-electron chi connectivity index (χ1n) is 5.93. The van der Waals surface area contributed by atoms with Crippen molar-refractivity contribution in [2.45, 2.75) is 24.7 Å². The van der Waals surface area contributed by atoms with Gasteiger partial charge in [-0.05, 0) is 36.1 Å². The fraction of sp³-hybridized carbons (Fsp3) is 0.538. The molecule has 1 aliphatic rings. The third-order valence-corrected chi connectivity index (χ3v) is 4.22. The molecule has 0 aliphatic carbocycles. The van der Waals surface area contributed by atoms with E-state index in [1.165, 1.54) is 16.1 Å². The van der Waals surface area contributed by atoms with Gasteiger partial charge in [0, 0.05) is 22.9 Å². The summed E-state index contributed by atoms with van der Waals surface area (Å²) in [6.07, 6.45) is 0. The minimum Gasteiger partial charge on any atom is -0.383 e. The summed E-state index contributed by atoms with van der Waals surface area (Å²) in [4.78, 5) is 1.38. The van der Waals surface area contributed by atoms with E-state index in [1.807, 2.05) is 11.8 Å². The molecule has 2 rings (SSSR count). The van der Waals surface area contributed by atoms with Gasteiger partial charge in [0.25, 0.3) is 0 Å². The lowest BCUT2D eigenvalue weighted by atomic mass is 9.88. The van der Waals surface area contributed by atoms with Crippen LogP contribution in [0.4, 0.5) is 5.69 Å². The fourth-order valence-electron chi connectivity index (χ4n) is 2.17. The van der Waals surface area contributed by atoms with Crippen molar-refractivity contribution in [1.29, 1.82) is 0 Å². The van der Waals surface area contributed by atoms with Crippen molar-refractivity contribution in [1.82, 2.24) is 0 Å². The van der Waals surface area contributed by atoms with Crippen LogP contribution in [0.1, 0.15) is 25.3 Å². The van der Waals surface area contributed by atoms with E-state index in [0.717, 1.165) is 18.8 Å². The van der Waals surface area contributed by atoms with Crippen molar-refractivity contribution in [2.75, 3.05) is 24.2 Å². The Kier molecular flexibility index (Phi) is 3.77. The number of nitrogens with one attached hydrogen (secondary N) is 1. The van der Waals surface area contributed by atoms with Gasteiger partial charge in [-0.15, -0.1) is 11.8 Å². The van der Waals surface area contributed by atoms with Crippen LogP contribution in [-0.4, -0.2) is 18.8 Å². The van der Waals surface area contributed by atoms with Crippen molar-refractivity contribution in [3.05, 3.63) is 23.8 Å². The molecule has 0 amide bonds. The van der Waals surface area contributed by atoms with Gasteiger partial charge in [0.15, 0.2) is 0 Å². The van der Waals surface area contributed by atoms with Crippen LogP contribution in [0.3, 0.4) is 0 Å². The van der Waals surface area contributed by atoms with E-state index in [1.54, 1.807) is 0 Å². The van der Waals surface area contributed by atoms with Gasteiger partial charge in [-0.3, -0.25) is 0 Å². The van der Waals surface area contributed by atoms with Crippen molar-refractivity contribution in [2.24, 2.45) is 11.7 Å². The molecule has 0 radical (unpaired) electrons. The topological polar surface area (TPSA) is 38.0 Å². The van der Waals surface area contributed by atoms with Gasteiger partial charge in [0.05, 0.1) is 0 Å². The molecule has 0 bridgehead atoms. The molecule has 3 heteroatoms. The maximum Gasteiger partial charge on any atom is 0.0478 e. The van der Waals surface area contributed by atoms with Crippen LogP contribution in [-0.2, 0) is 0 Å². The third kappa shape index (κ3) is 2.36. The van der Waals surface area contributed by atoms with Crippen LogP contribution in [0.2, 0.25) is 0 Å². The molecular weight excluding hydrogens is 216 g/mol. The van der Waals surface area contributed by atoms with E-state index >= 15 is 0 Å². The standard InChI is InChI=1S/C13H20N2S/c1-9(2)11(8-14)10-3-4-12-13(7-10)16-6-5-15-12/h3-4,7,9,11,15H,5-6,8,14H2,1-2H3. The number of hydrogen-bond acceptors (Lipinski definition) is 3. The minimum atomic E-state index is 0.479. The highest BCUT2D eigenvalue weighted by Crippen LogP contribution is 2.34. The predicted molar refractivity (Wildman–Crippen MR) is 72.3 cm³/mol. The van der Waals surface area contributed by atoms with Gasteiger partial charge in [0.1, 0.15) is 0 Å². The first kappa shape index (κ1) is 11.8. The molecule has 1 heterocycles. The Morgan fingerprint density at radius 2 is 2.25 bits per heavy atom. The smallest absolute Gasteiger partial charge is 0.0478 e. The molecule has 16 heavy (non-hydrogen) atoms. The minimum absolute atomic E-state index is 0.479. The van der Waals surface area contributed by atoms with Crippen LogP contribution in [0.15, 0.2) is 23.1 Å². The second kappa shape index (κ2) is 5.11. The van der Waals surface area contributed by atoms with Gasteiger partial charge in [-0.25, -0.2) is 0 Å². The van der Waals surface area contributed by atoms with Crippen LogP contribution >= 0.6 is 11.8 Å². The Morgan fingerprint density at radius 3 is 2.94 bits per heavy atom. The highest BCUT2D eigenvalue weighted by molar-refractivity contribution is 7.99. The van der Waals surface area contributed by atoms with E-state index in [-0.39, 0.29) is 0 Å². The lowest BCUT2D eigenvalue weighted by Crippen LogP contribution is -2.18. The summed E-state index contributed by atoms with van der Waals surface area (Å²) < 4.78 is 0. The number of nitrogens with two attached hydrogens (primary N) is 1. The predicted octanol–water partition coefficient (Wildman–Crippen LogP) is 2.90. The zero-order valence-electron chi connectivity index (χ0n) is 9.99. The Balaban J connectivity index is 2.28. The van der Waals surface area contributed by atoms with Crippen LogP contribution < -0.4 is 11.1 Å². The van der Waals surface area contributed by atoms with Gasteiger partial charge in [-0.2, -0.15) is 0 Å². The zero-order valence-corrected chi connectivity index (χ0v) is 10.8. The molecule has 2 nitrogen and oxygen atoms in total. The van der Waals surface area contributed by atoms with E-state index < -0.39 is 0 Å². The molecule has 1 aliphatic heterocycles. The average Bonchev–Trinajstić information content (AvgIpc) is 2.29. The molecule has 0 fully saturated rings. The number of anilines is 1. The highest BCUT2D eigenvalue weighted by atomic mass is 32.2. The summed E-state index contributed by atoms with van der Waals surface area (Å²) in [5, 5.41) is 3.42. The Hall–Kier alpha value is -0.670. The molecule has 1 atom stereocenters. The molecule has 1 aromatic carbocycles. The van der Waals surface area contributed by atoms with Crippen LogP contribution in [0, 0.1) is 5.92 Å². The summed E-state index contributed by atoms with van der Waals surface area (Å²) in [5.74, 6) is 2.24. The third-order valence-electron chi connectivity index (χ3n) is 3.17. The Labute approximate surface area is 102 Å². The summed E-state index contributed by atoms with van der Waals surface area (Å²) >= 11 is 1.94. The van der Waals surface area contributed by atoms with Crippen molar-refractivity contribution >= 4 is 17.4 Å². The van der Waals surface area contributed by atoms with Gasteiger partial charge < -0.3 is 11.1 Å². The summed E-state index contributed by atoms with van der Waals surface area (Å²) in [6, 6.07) is 6.72. The lowest BCUT2D eigenvalue weighted by Gasteiger charge is -2.23. The molecular formula is C13H20N2S. The zero-order chi connectivity index (χ0) is 11.5. The molecule has 0 aromatic heterocycles. The van der Waals surface area contributed by atoms with E-state index in [0.29, 0.717) is 11.8 Å². The van der Waals surface area contributed by atoms with E-state index in [9.17, 15) is 0 Å². The van der Waals surface area contributed by atoms with Crippen molar-refractivity contribution < 1.29 is 0 Å². The second-order valence-electron chi connectivity index (χ2n) is 4.62. The number of rotatable bonds is 3. The molecule has 1 unspecified atom stereocenters. The summed E-state index contributed by atoms with van der Waals surface area (Å²) in [6.45, 7) is 6.28. The van der Waals surface area contributed by atoms with Crippen LogP contribution in [0.5, 0.6) is 0 Å². The maximum atomic E-state index is 5.86. The molecule has 0 saturated carbocycles. The number of hydrogen-bond donors (Lipinski definition) is 2. The first-order valence-corrected chi connectivity index (χ1v) is 6.91. The Morgan fingerprint density at radius 1 is 1.44 bits per heavy atom. The molecule has 3 N–H and O–H groups in total. The second-order valence-corrected chi connectivity index (χ2v) is 5.75. The molecule has 0 saturated heterocycles. The number of benzene rings is 1. The number of fused-ring (bicyclic) bond motifs is 1. The molecule has 1 aromatic rings. The fourth-order valence-corrected chi connectivity index (χ4v) is 3.11. The summed E-state index contributed by atoms with van der Waals surface area (Å²) in [5.41, 5.74) is 8.52. The average molecular weight is 236 g/mol. The van der Waals surface area contributed by atoms with E-state index in [2.05, 4.69) is 37.4 Å². The van der Waals surface area contributed by atoms with Crippen molar-refractivity contribution in [3.8, 4) is 0 Å². The SMILES string of the molecule is CC(C)C(CN)c1ccc2c(c1)SCCN2. The van der Waals surface area contributed by atoms with E-state index in [4.69, 9.17) is 5.73 Å². The summed E-state index contributed by atoms with van der Waals surface area (Å²) in [7, 11) is 0. The largest absolute Gasteiger partial charge is 0.383 e. The highest BCUT2D eigenvalue weighted by Gasteiger charge is 2.16. The van der Waals surface area contributed by atoms with Gasteiger partial charge in [-0.1, -0.05) is 19.9 Å². The first-order chi connectivity index (χ1) is 7.72. The molecule has 0 spiro atoms. The Bertz CT molecular complexity index is 363. The lowest BCUT2D eigenvalue weighted by molar-refractivity contribution is 0.505.